The number of phenolic OH excluding ortho intramolecular Hbond substituents is 1. The molecule has 0 unspecified atom stereocenters. The molecule has 3 aromatic rings. The van der Waals surface area contributed by atoms with Crippen molar-refractivity contribution in [3.05, 3.63) is 89.5 Å². The summed E-state index contributed by atoms with van der Waals surface area (Å²) in [6, 6.07) is 23.4. The zero-order valence-electron chi connectivity index (χ0n) is 16.2. The summed E-state index contributed by atoms with van der Waals surface area (Å²) in [6.07, 6.45) is 2.46. The van der Waals surface area contributed by atoms with Crippen molar-refractivity contribution in [1.29, 1.82) is 0 Å². The van der Waals surface area contributed by atoms with Crippen LogP contribution in [0.3, 0.4) is 0 Å². The van der Waals surface area contributed by atoms with Crippen LogP contribution in [0.1, 0.15) is 16.7 Å². The van der Waals surface area contributed by atoms with Crippen molar-refractivity contribution in [2.24, 2.45) is 9.98 Å². The van der Waals surface area contributed by atoms with E-state index in [-0.39, 0.29) is 11.8 Å². The van der Waals surface area contributed by atoms with Crippen molar-refractivity contribution < 1.29 is 14.6 Å². The third-order valence-corrected chi connectivity index (χ3v) is 4.75. The summed E-state index contributed by atoms with van der Waals surface area (Å²) in [7, 11) is 1.52. The number of phenols is 1. The number of ether oxygens (including phenoxy) is 2. The molecule has 0 saturated heterocycles. The first-order chi connectivity index (χ1) is 14.2. The highest BCUT2D eigenvalue weighted by Crippen LogP contribution is 2.29. The van der Waals surface area contributed by atoms with Crippen LogP contribution >= 0.6 is 0 Å². The monoisotopic (exact) mass is 386 g/mol. The second-order valence-corrected chi connectivity index (χ2v) is 6.76. The predicted octanol–water partition coefficient (Wildman–Crippen LogP) is 4.54. The Balaban J connectivity index is 1.57. The van der Waals surface area contributed by atoms with Crippen LogP contribution in [0.4, 0.5) is 5.69 Å². The summed E-state index contributed by atoms with van der Waals surface area (Å²) in [4.78, 5) is 9.33. The Bertz CT molecular complexity index is 1050. The minimum absolute atomic E-state index is 0.0635. The van der Waals surface area contributed by atoms with E-state index in [1.165, 1.54) is 12.7 Å². The molecule has 146 valence electrons. The molecule has 0 radical (unpaired) electrons. The first kappa shape index (κ1) is 18.7. The van der Waals surface area contributed by atoms with Gasteiger partial charge in [0.2, 0.25) is 5.90 Å². The molecule has 0 saturated carbocycles. The average molecular weight is 386 g/mol. The fourth-order valence-electron chi connectivity index (χ4n) is 3.27. The summed E-state index contributed by atoms with van der Waals surface area (Å²) in [5.74, 6) is 1.08. The van der Waals surface area contributed by atoms with Gasteiger partial charge in [0.15, 0.2) is 11.5 Å². The van der Waals surface area contributed by atoms with Gasteiger partial charge in [0.05, 0.1) is 24.4 Å². The maximum atomic E-state index is 10.3. The molecule has 29 heavy (non-hydrogen) atoms. The molecular formula is C24H22N2O3. The average Bonchev–Trinajstić information content (AvgIpc) is 3.22. The van der Waals surface area contributed by atoms with E-state index in [9.17, 15) is 5.11 Å². The van der Waals surface area contributed by atoms with Crippen LogP contribution in [0, 0.1) is 0 Å². The highest BCUT2D eigenvalue weighted by atomic mass is 16.5. The maximum absolute atomic E-state index is 10.3. The summed E-state index contributed by atoms with van der Waals surface area (Å²) in [6.45, 7) is 0.555. The number of aromatic hydroxyl groups is 1. The molecule has 1 aliphatic heterocycles. The standard InChI is InChI=1S/C24H22N2O3/c1-28-22-13-7-10-18(23(22)27)15-25-21-12-6-5-11-20(21)24-26-19(16-29-24)14-17-8-3-2-4-9-17/h2-13,15,19,27H,14,16H2,1H3/t19-/m0/s1. The second-order valence-electron chi connectivity index (χ2n) is 6.76. The lowest BCUT2D eigenvalue weighted by atomic mass is 10.1. The molecule has 1 N–H and O–H groups in total. The normalized spacial score (nSPS) is 15.9. The zero-order chi connectivity index (χ0) is 20.1. The first-order valence-corrected chi connectivity index (χ1v) is 9.48. The number of rotatable bonds is 6. The van der Waals surface area contributed by atoms with Gasteiger partial charge in [0.25, 0.3) is 0 Å². The van der Waals surface area contributed by atoms with Gasteiger partial charge in [0, 0.05) is 11.8 Å². The molecule has 0 bridgehead atoms. The van der Waals surface area contributed by atoms with E-state index in [1.54, 1.807) is 18.3 Å². The molecule has 4 rings (SSSR count). The van der Waals surface area contributed by atoms with E-state index < -0.39 is 0 Å². The van der Waals surface area contributed by atoms with E-state index in [0.29, 0.717) is 23.8 Å². The Labute approximate surface area is 170 Å². The van der Waals surface area contributed by atoms with Crippen molar-refractivity contribution >= 4 is 17.8 Å². The molecule has 1 atom stereocenters. The van der Waals surface area contributed by atoms with Gasteiger partial charge in [0.1, 0.15) is 6.61 Å². The number of benzene rings is 3. The van der Waals surface area contributed by atoms with Gasteiger partial charge < -0.3 is 14.6 Å². The molecule has 5 nitrogen and oxygen atoms in total. The Kier molecular flexibility index (Phi) is 5.56. The van der Waals surface area contributed by atoms with Crippen LogP contribution in [0.2, 0.25) is 0 Å². The van der Waals surface area contributed by atoms with Gasteiger partial charge in [-0.15, -0.1) is 0 Å². The molecule has 0 amide bonds. The Morgan fingerprint density at radius 1 is 1.07 bits per heavy atom. The highest BCUT2D eigenvalue weighted by Gasteiger charge is 2.22. The molecule has 0 fully saturated rings. The number of para-hydroxylation sites is 2. The topological polar surface area (TPSA) is 63.4 Å². The fraction of sp³-hybridized carbons (Fsp3) is 0.167. The van der Waals surface area contributed by atoms with E-state index in [2.05, 4.69) is 17.1 Å². The number of aliphatic imine (C=N–C) groups is 2. The molecule has 0 aliphatic carbocycles. The number of nitrogens with zero attached hydrogens (tertiary/aromatic N) is 2. The van der Waals surface area contributed by atoms with Crippen LogP contribution in [-0.2, 0) is 11.2 Å². The smallest absolute Gasteiger partial charge is 0.218 e. The third kappa shape index (κ3) is 4.29. The second kappa shape index (κ2) is 8.61. The lowest BCUT2D eigenvalue weighted by Gasteiger charge is -2.06. The van der Waals surface area contributed by atoms with Crippen LogP contribution < -0.4 is 4.74 Å². The zero-order valence-corrected chi connectivity index (χ0v) is 16.2. The predicted molar refractivity (Wildman–Crippen MR) is 115 cm³/mol. The van der Waals surface area contributed by atoms with Gasteiger partial charge in [-0.2, -0.15) is 0 Å². The largest absolute Gasteiger partial charge is 0.504 e. The fourth-order valence-corrected chi connectivity index (χ4v) is 3.27. The maximum Gasteiger partial charge on any atom is 0.218 e. The number of methoxy groups -OCH3 is 1. The summed E-state index contributed by atoms with van der Waals surface area (Å²) in [5.41, 5.74) is 3.39. The van der Waals surface area contributed by atoms with Crippen molar-refractivity contribution in [2.45, 2.75) is 12.5 Å². The lowest BCUT2D eigenvalue weighted by Crippen LogP contribution is -2.09. The molecule has 3 aromatic carbocycles. The van der Waals surface area contributed by atoms with E-state index in [4.69, 9.17) is 14.5 Å². The molecule has 1 heterocycles. The molecule has 1 aliphatic rings. The highest BCUT2D eigenvalue weighted by molar-refractivity contribution is 6.01. The molecule has 0 spiro atoms. The van der Waals surface area contributed by atoms with E-state index >= 15 is 0 Å². The van der Waals surface area contributed by atoms with Gasteiger partial charge in [-0.25, -0.2) is 4.99 Å². The van der Waals surface area contributed by atoms with Gasteiger partial charge >= 0.3 is 0 Å². The minimum Gasteiger partial charge on any atom is -0.504 e. The Morgan fingerprint density at radius 3 is 2.69 bits per heavy atom. The summed E-state index contributed by atoms with van der Waals surface area (Å²) in [5, 5.41) is 10.3. The van der Waals surface area contributed by atoms with E-state index in [1.807, 2.05) is 48.5 Å². The van der Waals surface area contributed by atoms with Crippen molar-refractivity contribution in [2.75, 3.05) is 13.7 Å². The third-order valence-electron chi connectivity index (χ3n) is 4.75. The molecule has 0 aromatic heterocycles. The van der Waals surface area contributed by atoms with Crippen molar-refractivity contribution in [3.8, 4) is 11.5 Å². The van der Waals surface area contributed by atoms with Crippen LogP contribution in [-0.4, -0.2) is 37.0 Å². The summed E-state index contributed by atoms with van der Waals surface area (Å²) >= 11 is 0. The number of hydrogen-bond donors (Lipinski definition) is 1. The van der Waals surface area contributed by atoms with Crippen molar-refractivity contribution in [3.63, 3.8) is 0 Å². The first-order valence-electron chi connectivity index (χ1n) is 9.48. The van der Waals surface area contributed by atoms with Crippen LogP contribution in [0.25, 0.3) is 0 Å². The Hall–Kier alpha value is -3.60. The van der Waals surface area contributed by atoms with E-state index in [0.717, 1.165) is 17.7 Å². The molecule has 5 heteroatoms. The van der Waals surface area contributed by atoms with Crippen LogP contribution in [0.15, 0.2) is 82.8 Å². The molecular weight excluding hydrogens is 364 g/mol. The van der Waals surface area contributed by atoms with Crippen LogP contribution in [0.5, 0.6) is 11.5 Å². The quantitative estimate of drug-likeness (QED) is 0.633. The summed E-state index contributed by atoms with van der Waals surface area (Å²) < 4.78 is 11.0. The van der Waals surface area contributed by atoms with Gasteiger partial charge in [-0.05, 0) is 36.2 Å². The lowest BCUT2D eigenvalue weighted by molar-refractivity contribution is 0.317. The number of hydrogen-bond acceptors (Lipinski definition) is 5. The SMILES string of the molecule is COc1cccc(C=Nc2ccccc2C2=N[C@@H](Cc3ccccc3)CO2)c1O. The Morgan fingerprint density at radius 2 is 1.86 bits per heavy atom. The van der Waals surface area contributed by atoms with Gasteiger partial charge in [-0.1, -0.05) is 48.5 Å². The minimum atomic E-state index is 0.0635. The van der Waals surface area contributed by atoms with Crippen molar-refractivity contribution in [1.82, 2.24) is 0 Å². The van der Waals surface area contributed by atoms with Gasteiger partial charge in [-0.3, -0.25) is 4.99 Å².